The smallest absolute Gasteiger partial charge is 0.270 e. The van der Waals surface area contributed by atoms with Crippen molar-refractivity contribution in [3.05, 3.63) is 76.1 Å². The van der Waals surface area contributed by atoms with Crippen LogP contribution in [0.1, 0.15) is 22.2 Å². The van der Waals surface area contributed by atoms with Crippen LogP contribution in [0.5, 0.6) is 0 Å². The minimum atomic E-state index is -0.00210. The third-order valence-electron chi connectivity index (χ3n) is 5.14. The molecule has 5 rings (SSSR count). The van der Waals surface area contributed by atoms with Crippen LogP contribution in [0.4, 0.5) is 5.69 Å². The predicted molar refractivity (Wildman–Crippen MR) is 111 cm³/mol. The van der Waals surface area contributed by atoms with Crippen molar-refractivity contribution in [2.75, 3.05) is 4.90 Å². The molecule has 0 saturated heterocycles. The van der Waals surface area contributed by atoms with Crippen molar-refractivity contribution in [3.8, 4) is 0 Å². The van der Waals surface area contributed by atoms with Crippen LogP contribution in [0, 0.1) is 0 Å². The Kier molecular flexibility index (Phi) is 3.56. The van der Waals surface area contributed by atoms with Gasteiger partial charge in [-0.2, -0.15) is 0 Å². The number of hydrogen-bond acceptors (Lipinski definition) is 2. The molecule has 128 valence electrons. The van der Waals surface area contributed by atoms with Gasteiger partial charge in [-0.1, -0.05) is 60.1 Å². The second kappa shape index (κ2) is 5.83. The van der Waals surface area contributed by atoms with E-state index in [0.717, 1.165) is 33.0 Å². The Balaban J connectivity index is 1.69. The maximum atomic E-state index is 13.4. The number of rotatable bonds is 1. The first-order chi connectivity index (χ1) is 12.6. The fourth-order valence-corrected chi connectivity index (χ4v) is 5.46. The fourth-order valence-electron chi connectivity index (χ4n) is 3.95. The molecule has 1 aromatic heterocycles. The molecule has 0 saturated carbocycles. The summed E-state index contributed by atoms with van der Waals surface area (Å²) in [5.74, 6) is -0.00210. The lowest BCUT2D eigenvalue weighted by molar-refractivity contribution is 0.0985. The SMILES string of the molecule is CC1Cc2ccccc2N1C(=O)c1sc2ccc3ccccc3c2c1Cl. The third kappa shape index (κ3) is 2.21. The van der Waals surface area contributed by atoms with E-state index in [4.69, 9.17) is 11.6 Å². The molecule has 0 aliphatic carbocycles. The predicted octanol–water partition coefficient (Wildman–Crippen LogP) is 6.30. The normalized spacial score (nSPS) is 16.4. The van der Waals surface area contributed by atoms with Crippen LogP contribution in [0.15, 0.2) is 60.7 Å². The van der Waals surface area contributed by atoms with E-state index in [1.165, 1.54) is 16.9 Å². The maximum Gasteiger partial charge on any atom is 0.270 e. The Morgan fingerprint density at radius 3 is 2.73 bits per heavy atom. The fraction of sp³-hybridized carbons (Fsp3) is 0.136. The second-order valence-corrected chi connectivity index (χ2v) is 8.19. The molecule has 2 nitrogen and oxygen atoms in total. The van der Waals surface area contributed by atoms with Gasteiger partial charge in [-0.3, -0.25) is 4.79 Å². The van der Waals surface area contributed by atoms with Crippen LogP contribution < -0.4 is 4.90 Å². The van der Waals surface area contributed by atoms with Crippen molar-refractivity contribution in [2.24, 2.45) is 0 Å². The van der Waals surface area contributed by atoms with Gasteiger partial charge in [0.1, 0.15) is 4.88 Å². The van der Waals surface area contributed by atoms with Crippen molar-refractivity contribution in [2.45, 2.75) is 19.4 Å². The first-order valence-corrected chi connectivity index (χ1v) is 9.86. The molecule has 4 aromatic rings. The van der Waals surface area contributed by atoms with E-state index in [2.05, 4.69) is 37.3 Å². The molecule has 4 heteroatoms. The molecule has 1 aliphatic rings. The number of nitrogens with zero attached hydrogens (tertiary/aromatic N) is 1. The van der Waals surface area contributed by atoms with Crippen molar-refractivity contribution in [1.29, 1.82) is 0 Å². The van der Waals surface area contributed by atoms with E-state index < -0.39 is 0 Å². The third-order valence-corrected chi connectivity index (χ3v) is 6.77. The van der Waals surface area contributed by atoms with E-state index in [1.807, 2.05) is 35.2 Å². The molecule has 1 amide bonds. The Labute approximate surface area is 160 Å². The average Bonchev–Trinajstić information content (AvgIpc) is 3.18. The zero-order valence-electron chi connectivity index (χ0n) is 14.2. The van der Waals surface area contributed by atoms with Crippen LogP contribution in [0.2, 0.25) is 5.02 Å². The van der Waals surface area contributed by atoms with E-state index in [1.54, 1.807) is 0 Å². The van der Waals surface area contributed by atoms with Crippen molar-refractivity contribution >= 4 is 55.4 Å². The van der Waals surface area contributed by atoms with E-state index in [-0.39, 0.29) is 11.9 Å². The number of benzene rings is 3. The Bertz CT molecular complexity index is 1180. The Morgan fingerprint density at radius 1 is 1.08 bits per heavy atom. The molecule has 1 atom stereocenters. The quantitative estimate of drug-likeness (QED) is 0.381. The van der Waals surface area contributed by atoms with Gasteiger partial charge in [0.25, 0.3) is 5.91 Å². The highest BCUT2D eigenvalue weighted by atomic mass is 35.5. The van der Waals surface area contributed by atoms with E-state index in [9.17, 15) is 4.79 Å². The minimum absolute atomic E-state index is 0.00210. The van der Waals surface area contributed by atoms with Crippen LogP contribution in [0.25, 0.3) is 20.9 Å². The lowest BCUT2D eigenvalue weighted by Gasteiger charge is -2.22. The van der Waals surface area contributed by atoms with Gasteiger partial charge in [0.15, 0.2) is 0 Å². The van der Waals surface area contributed by atoms with E-state index in [0.29, 0.717) is 9.90 Å². The zero-order chi connectivity index (χ0) is 17.8. The molecule has 0 spiro atoms. The summed E-state index contributed by atoms with van der Waals surface area (Å²) >= 11 is 8.23. The molecule has 26 heavy (non-hydrogen) atoms. The zero-order valence-corrected chi connectivity index (χ0v) is 15.8. The molecule has 1 aliphatic heterocycles. The van der Waals surface area contributed by atoms with Gasteiger partial charge in [-0.25, -0.2) is 0 Å². The summed E-state index contributed by atoms with van der Waals surface area (Å²) in [6.45, 7) is 2.09. The summed E-state index contributed by atoms with van der Waals surface area (Å²) in [7, 11) is 0. The van der Waals surface area contributed by atoms with Gasteiger partial charge in [0.2, 0.25) is 0 Å². The monoisotopic (exact) mass is 377 g/mol. The molecule has 2 heterocycles. The average molecular weight is 378 g/mol. The van der Waals surface area contributed by atoms with Gasteiger partial charge in [0.05, 0.1) is 5.02 Å². The highest BCUT2D eigenvalue weighted by molar-refractivity contribution is 7.22. The number of para-hydroxylation sites is 1. The molecule has 0 N–H and O–H groups in total. The summed E-state index contributed by atoms with van der Waals surface area (Å²) in [5.41, 5.74) is 2.22. The molecular weight excluding hydrogens is 362 g/mol. The molecular formula is C22H16ClNOS. The minimum Gasteiger partial charge on any atom is -0.304 e. The van der Waals surface area contributed by atoms with Gasteiger partial charge in [-0.05, 0) is 41.8 Å². The highest BCUT2D eigenvalue weighted by Crippen LogP contribution is 2.42. The number of fused-ring (bicyclic) bond motifs is 4. The lowest BCUT2D eigenvalue weighted by atomic mass is 10.1. The number of halogens is 1. The van der Waals surface area contributed by atoms with E-state index >= 15 is 0 Å². The Morgan fingerprint density at radius 2 is 1.85 bits per heavy atom. The molecule has 0 radical (unpaired) electrons. The van der Waals surface area contributed by atoms with Crippen LogP contribution in [-0.2, 0) is 6.42 Å². The van der Waals surface area contributed by atoms with Crippen LogP contribution in [0.3, 0.4) is 0 Å². The molecule has 1 unspecified atom stereocenters. The standard InChI is InChI=1S/C22H16ClNOS/c1-13-12-15-7-3-5-9-17(15)24(13)22(25)21-20(23)19-16-8-4-2-6-14(16)10-11-18(19)26-21/h2-11,13H,12H2,1H3. The van der Waals surface area contributed by atoms with Gasteiger partial charge < -0.3 is 4.90 Å². The first-order valence-electron chi connectivity index (χ1n) is 8.66. The van der Waals surface area contributed by atoms with Crippen LogP contribution in [-0.4, -0.2) is 11.9 Å². The number of thiophene rings is 1. The number of hydrogen-bond donors (Lipinski definition) is 0. The highest BCUT2D eigenvalue weighted by Gasteiger charge is 2.33. The maximum absolute atomic E-state index is 13.4. The number of carbonyl (C=O) groups is 1. The largest absolute Gasteiger partial charge is 0.304 e. The lowest BCUT2D eigenvalue weighted by Crippen LogP contribution is -2.35. The molecule has 0 fully saturated rings. The summed E-state index contributed by atoms with van der Waals surface area (Å²) in [5, 5.41) is 3.79. The summed E-state index contributed by atoms with van der Waals surface area (Å²) in [6, 6.07) is 20.6. The van der Waals surface area contributed by atoms with Crippen molar-refractivity contribution in [3.63, 3.8) is 0 Å². The van der Waals surface area contributed by atoms with Crippen LogP contribution >= 0.6 is 22.9 Å². The Hall–Kier alpha value is -2.36. The summed E-state index contributed by atoms with van der Waals surface area (Å²) in [4.78, 5) is 15.9. The second-order valence-electron chi connectivity index (χ2n) is 6.76. The number of anilines is 1. The first kappa shape index (κ1) is 15.9. The number of carbonyl (C=O) groups excluding carboxylic acids is 1. The topological polar surface area (TPSA) is 20.3 Å². The molecule has 0 bridgehead atoms. The summed E-state index contributed by atoms with van der Waals surface area (Å²) < 4.78 is 1.05. The van der Waals surface area contributed by atoms with Gasteiger partial charge >= 0.3 is 0 Å². The molecule has 3 aromatic carbocycles. The number of amides is 1. The summed E-state index contributed by atoms with van der Waals surface area (Å²) in [6.07, 6.45) is 0.882. The van der Waals surface area contributed by atoms with Crippen molar-refractivity contribution < 1.29 is 4.79 Å². The van der Waals surface area contributed by atoms with Gasteiger partial charge in [0, 0.05) is 21.8 Å². The van der Waals surface area contributed by atoms with Gasteiger partial charge in [-0.15, -0.1) is 11.3 Å². The van der Waals surface area contributed by atoms with Crippen molar-refractivity contribution in [1.82, 2.24) is 0 Å².